The molecule has 0 bridgehead atoms. The minimum absolute atomic E-state index is 0.0923. The topological polar surface area (TPSA) is 50.4 Å². The minimum Gasteiger partial charge on any atom is -0.475 e. The molecule has 84 valence electrons. The number of rotatable bonds is 4. The van der Waals surface area contributed by atoms with E-state index in [9.17, 15) is 4.79 Å². The standard InChI is InChI=1S/C13H14O3/c1-2-3-6-10-9-7-4-5-8-11(9)16-12(10)13(14)15/h4-5,7-8H,2-3,6H2,1H3,(H,14,15). The number of hydrogen-bond acceptors (Lipinski definition) is 2. The number of carboxylic acids is 1. The zero-order valence-corrected chi connectivity index (χ0v) is 9.19. The second-order valence-corrected chi connectivity index (χ2v) is 3.81. The summed E-state index contributed by atoms with van der Waals surface area (Å²) in [5, 5.41) is 10.00. The first-order valence-electron chi connectivity index (χ1n) is 5.47. The number of carboxylic acid groups (broad SMARTS) is 1. The molecule has 0 saturated heterocycles. The Hall–Kier alpha value is -1.77. The number of para-hydroxylation sites is 1. The predicted octanol–water partition coefficient (Wildman–Crippen LogP) is 3.47. The quantitative estimate of drug-likeness (QED) is 0.854. The van der Waals surface area contributed by atoms with E-state index in [4.69, 9.17) is 9.52 Å². The fourth-order valence-electron chi connectivity index (χ4n) is 1.87. The van der Waals surface area contributed by atoms with Crippen LogP contribution in [0.25, 0.3) is 11.0 Å². The van der Waals surface area contributed by atoms with Gasteiger partial charge in [0.25, 0.3) is 0 Å². The van der Waals surface area contributed by atoms with Crippen molar-refractivity contribution in [1.29, 1.82) is 0 Å². The smallest absolute Gasteiger partial charge is 0.372 e. The molecule has 0 aliphatic heterocycles. The van der Waals surface area contributed by atoms with Crippen LogP contribution in [0.4, 0.5) is 0 Å². The van der Waals surface area contributed by atoms with Crippen molar-refractivity contribution in [3.05, 3.63) is 35.6 Å². The number of fused-ring (bicyclic) bond motifs is 1. The van der Waals surface area contributed by atoms with Gasteiger partial charge < -0.3 is 9.52 Å². The third kappa shape index (κ3) is 1.81. The summed E-state index contributed by atoms with van der Waals surface area (Å²) in [5.74, 6) is -0.892. The van der Waals surface area contributed by atoms with Crippen LogP contribution in [0.5, 0.6) is 0 Å². The van der Waals surface area contributed by atoms with Crippen molar-refractivity contribution >= 4 is 16.9 Å². The summed E-state index contributed by atoms with van der Waals surface area (Å²) in [4.78, 5) is 11.1. The molecule has 0 aliphatic carbocycles. The van der Waals surface area contributed by atoms with Crippen molar-refractivity contribution < 1.29 is 14.3 Å². The van der Waals surface area contributed by atoms with E-state index < -0.39 is 5.97 Å². The summed E-state index contributed by atoms with van der Waals surface area (Å²) in [6, 6.07) is 7.47. The summed E-state index contributed by atoms with van der Waals surface area (Å²) in [7, 11) is 0. The average Bonchev–Trinajstić information content (AvgIpc) is 2.65. The van der Waals surface area contributed by atoms with Gasteiger partial charge in [-0.25, -0.2) is 4.79 Å². The third-order valence-corrected chi connectivity index (χ3v) is 2.67. The van der Waals surface area contributed by atoms with E-state index in [2.05, 4.69) is 6.92 Å². The number of hydrogen-bond donors (Lipinski definition) is 1. The average molecular weight is 218 g/mol. The number of furan rings is 1. The molecule has 2 rings (SSSR count). The monoisotopic (exact) mass is 218 g/mol. The fraction of sp³-hybridized carbons (Fsp3) is 0.308. The Balaban J connectivity index is 2.55. The summed E-state index contributed by atoms with van der Waals surface area (Å²) < 4.78 is 5.36. The molecule has 0 fully saturated rings. The Morgan fingerprint density at radius 2 is 2.12 bits per heavy atom. The predicted molar refractivity (Wildman–Crippen MR) is 61.8 cm³/mol. The highest BCUT2D eigenvalue weighted by Gasteiger charge is 2.18. The van der Waals surface area contributed by atoms with Gasteiger partial charge in [0.15, 0.2) is 0 Å². The van der Waals surface area contributed by atoms with Crippen molar-refractivity contribution in [3.8, 4) is 0 Å². The van der Waals surface area contributed by atoms with Crippen LogP contribution in [0, 0.1) is 0 Å². The maximum Gasteiger partial charge on any atom is 0.372 e. The zero-order chi connectivity index (χ0) is 11.5. The lowest BCUT2D eigenvalue weighted by Crippen LogP contribution is -1.98. The van der Waals surface area contributed by atoms with E-state index in [-0.39, 0.29) is 5.76 Å². The molecule has 16 heavy (non-hydrogen) atoms. The van der Waals surface area contributed by atoms with E-state index in [0.29, 0.717) is 5.58 Å². The van der Waals surface area contributed by atoms with Crippen molar-refractivity contribution in [2.24, 2.45) is 0 Å². The highest BCUT2D eigenvalue weighted by atomic mass is 16.4. The van der Waals surface area contributed by atoms with Crippen molar-refractivity contribution in [3.63, 3.8) is 0 Å². The number of benzene rings is 1. The molecule has 0 unspecified atom stereocenters. The van der Waals surface area contributed by atoms with Gasteiger partial charge in [-0.15, -0.1) is 0 Å². The molecule has 0 amide bonds. The summed E-state index contributed by atoms with van der Waals surface area (Å²) in [5.41, 5.74) is 1.48. The highest BCUT2D eigenvalue weighted by Crippen LogP contribution is 2.27. The third-order valence-electron chi connectivity index (χ3n) is 2.67. The lowest BCUT2D eigenvalue weighted by molar-refractivity contribution is 0.0663. The molecule has 3 heteroatoms. The molecule has 0 saturated carbocycles. The van der Waals surface area contributed by atoms with Crippen LogP contribution in [-0.2, 0) is 6.42 Å². The Morgan fingerprint density at radius 1 is 1.38 bits per heavy atom. The molecule has 2 aromatic rings. The van der Waals surface area contributed by atoms with Crippen LogP contribution in [0.1, 0.15) is 35.9 Å². The second kappa shape index (κ2) is 4.39. The van der Waals surface area contributed by atoms with Gasteiger partial charge in [0.2, 0.25) is 5.76 Å². The minimum atomic E-state index is -0.984. The van der Waals surface area contributed by atoms with Crippen LogP contribution in [0.15, 0.2) is 28.7 Å². The van der Waals surface area contributed by atoms with Gasteiger partial charge in [0.05, 0.1) is 0 Å². The Morgan fingerprint density at radius 3 is 2.81 bits per heavy atom. The molecule has 0 spiro atoms. The lowest BCUT2D eigenvalue weighted by Gasteiger charge is -1.97. The molecule has 0 atom stereocenters. The molecule has 0 radical (unpaired) electrons. The van der Waals surface area contributed by atoms with Crippen LogP contribution < -0.4 is 0 Å². The van der Waals surface area contributed by atoms with Gasteiger partial charge in [0, 0.05) is 10.9 Å². The number of carbonyl (C=O) groups is 1. The van der Waals surface area contributed by atoms with Gasteiger partial charge in [-0.3, -0.25) is 0 Å². The largest absolute Gasteiger partial charge is 0.475 e. The van der Waals surface area contributed by atoms with E-state index >= 15 is 0 Å². The highest BCUT2D eigenvalue weighted by molar-refractivity contribution is 5.95. The fourth-order valence-corrected chi connectivity index (χ4v) is 1.87. The van der Waals surface area contributed by atoms with Gasteiger partial charge >= 0.3 is 5.97 Å². The van der Waals surface area contributed by atoms with E-state index in [0.717, 1.165) is 30.2 Å². The first-order chi connectivity index (χ1) is 7.74. The zero-order valence-electron chi connectivity index (χ0n) is 9.19. The van der Waals surface area contributed by atoms with Crippen LogP contribution >= 0.6 is 0 Å². The molecule has 0 aliphatic rings. The van der Waals surface area contributed by atoms with E-state index in [1.165, 1.54) is 0 Å². The Labute approximate surface area is 93.7 Å². The van der Waals surface area contributed by atoms with Crippen molar-refractivity contribution in [1.82, 2.24) is 0 Å². The Kier molecular flexibility index (Phi) is 2.95. The molecule has 1 N–H and O–H groups in total. The SMILES string of the molecule is CCCCc1c(C(=O)O)oc2ccccc12. The van der Waals surface area contributed by atoms with Crippen LogP contribution in [0.2, 0.25) is 0 Å². The van der Waals surface area contributed by atoms with E-state index in [1.54, 1.807) is 6.07 Å². The first-order valence-corrected chi connectivity index (χ1v) is 5.47. The van der Waals surface area contributed by atoms with Gasteiger partial charge in [-0.2, -0.15) is 0 Å². The molecule has 1 heterocycles. The number of aromatic carboxylic acids is 1. The maximum absolute atomic E-state index is 11.1. The molecule has 3 nitrogen and oxygen atoms in total. The van der Waals surface area contributed by atoms with Crippen LogP contribution in [-0.4, -0.2) is 11.1 Å². The van der Waals surface area contributed by atoms with Gasteiger partial charge in [-0.05, 0) is 18.9 Å². The summed E-state index contributed by atoms with van der Waals surface area (Å²) in [6.07, 6.45) is 2.78. The molecule has 1 aromatic heterocycles. The van der Waals surface area contributed by atoms with Gasteiger partial charge in [-0.1, -0.05) is 31.5 Å². The molecular formula is C13H14O3. The molecular weight excluding hydrogens is 204 g/mol. The Bertz CT molecular complexity index is 511. The van der Waals surface area contributed by atoms with Gasteiger partial charge in [0.1, 0.15) is 5.58 Å². The first kappa shape index (κ1) is 10.7. The lowest BCUT2D eigenvalue weighted by atomic mass is 10.0. The van der Waals surface area contributed by atoms with Crippen molar-refractivity contribution in [2.75, 3.05) is 0 Å². The maximum atomic E-state index is 11.1. The molecule has 1 aromatic carbocycles. The number of aryl methyl sites for hydroxylation is 1. The number of unbranched alkanes of at least 4 members (excludes halogenated alkanes) is 1. The van der Waals surface area contributed by atoms with Crippen LogP contribution in [0.3, 0.4) is 0 Å². The van der Waals surface area contributed by atoms with Crippen molar-refractivity contribution in [2.45, 2.75) is 26.2 Å². The normalized spacial score (nSPS) is 10.8. The van der Waals surface area contributed by atoms with E-state index in [1.807, 2.05) is 18.2 Å². The second-order valence-electron chi connectivity index (χ2n) is 3.81. The summed E-state index contributed by atoms with van der Waals surface area (Å²) in [6.45, 7) is 2.09. The summed E-state index contributed by atoms with van der Waals surface area (Å²) >= 11 is 0.